The molecule has 72 valence electrons. The molecule has 1 aliphatic carbocycles. The Labute approximate surface area is 75.9 Å². The van der Waals surface area contributed by atoms with Gasteiger partial charge >= 0.3 is 0 Å². The van der Waals surface area contributed by atoms with Gasteiger partial charge in [-0.05, 0) is 32.7 Å². The van der Waals surface area contributed by atoms with Gasteiger partial charge in [-0.1, -0.05) is 6.42 Å². The molecule has 0 aromatic heterocycles. The van der Waals surface area contributed by atoms with Crippen molar-refractivity contribution in [1.82, 2.24) is 4.90 Å². The quantitative estimate of drug-likeness (QED) is 0.565. The van der Waals surface area contributed by atoms with Gasteiger partial charge in [0.1, 0.15) is 0 Å². The molecule has 0 aliphatic heterocycles. The zero-order chi connectivity index (χ0) is 8.81. The Morgan fingerprint density at radius 2 is 2.17 bits per heavy atom. The molecule has 0 amide bonds. The van der Waals surface area contributed by atoms with Crippen LogP contribution in [0.4, 0.5) is 0 Å². The summed E-state index contributed by atoms with van der Waals surface area (Å²) in [6.07, 6.45) is 4.34. The molecule has 1 saturated carbocycles. The third kappa shape index (κ3) is 3.55. The van der Waals surface area contributed by atoms with E-state index in [1.165, 1.54) is 25.8 Å². The van der Waals surface area contributed by atoms with Crippen LogP contribution in [0.15, 0.2) is 0 Å². The zero-order valence-electron chi connectivity index (χ0n) is 8.38. The van der Waals surface area contributed by atoms with Crippen LogP contribution in [0.1, 0.15) is 26.2 Å². The zero-order valence-corrected chi connectivity index (χ0v) is 8.38. The Kier molecular flexibility index (Phi) is 4.62. The molecule has 1 rings (SSSR count). The molecule has 0 saturated heterocycles. The Morgan fingerprint density at radius 3 is 2.67 bits per heavy atom. The fraction of sp³-hybridized carbons (Fsp3) is 1.00. The Balaban J connectivity index is 1.91. The van der Waals surface area contributed by atoms with Crippen LogP contribution in [0, 0.1) is 5.92 Å². The van der Waals surface area contributed by atoms with Gasteiger partial charge in [-0.2, -0.15) is 0 Å². The molecule has 0 aromatic rings. The van der Waals surface area contributed by atoms with E-state index in [-0.39, 0.29) is 0 Å². The van der Waals surface area contributed by atoms with Gasteiger partial charge in [-0.15, -0.1) is 0 Å². The van der Waals surface area contributed by atoms with Crippen molar-refractivity contribution >= 4 is 0 Å². The van der Waals surface area contributed by atoms with Gasteiger partial charge in [-0.3, -0.25) is 0 Å². The van der Waals surface area contributed by atoms with Crippen LogP contribution in [0.2, 0.25) is 0 Å². The Bertz CT molecular complexity index is 112. The first-order valence-corrected chi connectivity index (χ1v) is 5.09. The van der Waals surface area contributed by atoms with Crippen molar-refractivity contribution in [2.75, 3.05) is 33.4 Å². The molecule has 0 N–H and O–H groups in total. The SMILES string of the molecule is CCOCCN(C)CC1CCC1. The third-order valence-electron chi connectivity index (χ3n) is 2.62. The molecule has 12 heavy (non-hydrogen) atoms. The van der Waals surface area contributed by atoms with E-state index in [2.05, 4.69) is 11.9 Å². The summed E-state index contributed by atoms with van der Waals surface area (Å²) in [5.41, 5.74) is 0. The summed E-state index contributed by atoms with van der Waals surface area (Å²) in [4.78, 5) is 2.39. The van der Waals surface area contributed by atoms with Gasteiger partial charge in [0.15, 0.2) is 0 Å². The van der Waals surface area contributed by atoms with E-state index in [1.807, 2.05) is 6.92 Å². The average Bonchev–Trinajstić information content (AvgIpc) is 1.98. The molecule has 0 unspecified atom stereocenters. The number of likely N-dealkylation sites (N-methyl/N-ethyl adjacent to an activating group) is 1. The van der Waals surface area contributed by atoms with Gasteiger partial charge in [0.2, 0.25) is 0 Å². The maximum Gasteiger partial charge on any atom is 0.0593 e. The van der Waals surface area contributed by atoms with Crippen LogP contribution < -0.4 is 0 Å². The fourth-order valence-electron chi connectivity index (χ4n) is 1.57. The number of rotatable bonds is 6. The minimum absolute atomic E-state index is 0.845. The highest BCUT2D eigenvalue weighted by Crippen LogP contribution is 2.26. The molecular formula is C10H21NO. The van der Waals surface area contributed by atoms with Crippen molar-refractivity contribution in [3.63, 3.8) is 0 Å². The number of ether oxygens (including phenoxy) is 1. The summed E-state index contributed by atoms with van der Waals surface area (Å²) in [7, 11) is 2.19. The summed E-state index contributed by atoms with van der Waals surface area (Å²) in [5.74, 6) is 0.983. The first-order chi connectivity index (χ1) is 5.83. The Hall–Kier alpha value is -0.0800. The first kappa shape index (κ1) is 10.0. The average molecular weight is 171 g/mol. The van der Waals surface area contributed by atoms with E-state index in [0.29, 0.717) is 0 Å². The largest absolute Gasteiger partial charge is 0.380 e. The predicted molar refractivity (Wildman–Crippen MR) is 51.3 cm³/mol. The van der Waals surface area contributed by atoms with E-state index in [0.717, 1.165) is 25.7 Å². The van der Waals surface area contributed by atoms with Gasteiger partial charge in [0.25, 0.3) is 0 Å². The molecule has 0 atom stereocenters. The van der Waals surface area contributed by atoms with Crippen molar-refractivity contribution in [2.45, 2.75) is 26.2 Å². The lowest BCUT2D eigenvalue weighted by Gasteiger charge is -2.29. The summed E-state index contributed by atoms with van der Waals surface area (Å²) in [5, 5.41) is 0. The first-order valence-electron chi connectivity index (χ1n) is 5.09. The smallest absolute Gasteiger partial charge is 0.0593 e. The molecule has 2 nitrogen and oxygen atoms in total. The molecule has 0 aromatic carbocycles. The van der Waals surface area contributed by atoms with E-state index in [9.17, 15) is 0 Å². The highest BCUT2D eigenvalue weighted by molar-refractivity contribution is 4.72. The van der Waals surface area contributed by atoms with Crippen LogP contribution in [0.5, 0.6) is 0 Å². The van der Waals surface area contributed by atoms with Crippen LogP contribution in [0.25, 0.3) is 0 Å². The molecule has 2 heteroatoms. The predicted octanol–water partition coefficient (Wildman–Crippen LogP) is 1.75. The summed E-state index contributed by atoms with van der Waals surface area (Å²) in [6.45, 7) is 6.14. The van der Waals surface area contributed by atoms with Gasteiger partial charge in [-0.25, -0.2) is 0 Å². The minimum Gasteiger partial charge on any atom is -0.380 e. The number of hydrogen-bond donors (Lipinski definition) is 0. The molecule has 0 bridgehead atoms. The third-order valence-corrected chi connectivity index (χ3v) is 2.62. The maximum atomic E-state index is 5.30. The topological polar surface area (TPSA) is 12.5 Å². The minimum atomic E-state index is 0.845. The maximum absolute atomic E-state index is 5.30. The van der Waals surface area contributed by atoms with Gasteiger partial charge in [0.05, 0.1) is 6.61 Å². The Morgan fingerprint density at radius 1 is 1.42 bits per heavy atom. The lowest BCUT2D eigenvalue weighted by Crippen LogP contribution is -2.31. The van der Waals surface area contributed by atoms with E-state index < -0.39 is 0 Å². The fourth-order valence-corrected chi connectivity index (χ4v) is 1.57. The van der Waals surface area contributed by atoms with Crippen molar-refractivity contribution in [3.8, 4) is 0 Å². The van der Waals surface area contributed by atoms with Crippen LogP contribution in [-0.2, 0) is 4.74 Å². The standard InChI is InChI=1S/C10H21NO/c1-3-12-8-7-11(2)9-10-5-4-6-10/h10H,3-9H2,1-2H3. The molecular weight excluding hydrogens is 150 g/mol. The van der Waals surface area contributed by atoms with Gasteiger partial charge < -0.3 is 9.64 Å². The molecule has 0 heterocycles. The molecule has 1 aliphatic rings. The van der Waals surface area contributed by atoms with Crippen molar-refractivity contribution < 1.29 is 4.74 Å². The lowest BCUT2D eigenvalue weighted by molar-refractivity contribution is 0.109. The number of nitrogens with zero attached hydrogens (tertiary/aromatic N) is 1. The second kappa shape index (κ2) is 5.55. The van der Waals surface area contributed by atoms with Crippen molar-refractivity contribution in [1.29, 1.82) is 0 Å². The van der Waals surface area contributed by atoms with E-state index >= 15 is 0 Å². The normalized spacial score (nSPS) is 18.2. The second-order valence-electron chi connectivity index (χ2n) is 3.76. The molecule has 0 spiro atoms. The summed E-state index contributed by atoms with van der Waals surface area (Å²) in [6, 6.07) is 0. The van der Waals surface area contributed by atoms with Crippen molar-refractivity contribution in [3.05, 3.63) is 0 Å². The van der Waals surface area contributed by atoms with Crippen LogP contribution in [-0.4, -0.2) is 38.3 Å². The monoisotopic (exact) mass is 171 g/mol. The summed E-state index contributed by atoms with van der Waals surface area (Å²) >= 11 is 0. The van der Waals surface area contributed by atoms with E-state index in [1.54, 1.807) is 0 Å². The van der Waals surface area contributed by atoms with E-state index in [4.69, 9.17) is 4.74 Å². The van der Waals surface area contributed by atoms with Gasteiger partial charge in [0, 0.05) is 19.7 Å². The highest BCUT2D eigenvalue weighted by Gasteiger charge is 2.18. The molecule has 1 fully saturated rings. The number of hydrogen-bond acceptors (Lipinski definition) is 2. The van der Waals surface area contributed by atoms with Crippen LogP contribution >= 0.6 is 0 Å². The van der Waals surface area contributed by atoms with Crippen LogP contribution in [0.3, 0.4) is 0 Å². The highest BCUT2D eigenvalue weighted by atomic mass is 16.5. The lowest BCUT2D eigenvalue weighted by atomic mass is 9.85. The molecule has 0 radical (unpaired) electrons. The van der Waals surface area contributed by atoms with Crippen molar-refractivity contribution in [2.24, 2.45) is 5.92 Å². The second-order valence-corrected chi connectivity index (χ2v) is 3.76. The summed E-state index contributed by atoms with van der Waals surface area (Å²) < 4.78 is 5.30.